The highest BCUT2D eigenvalue weighted by molar-refractivity contribution is 7.99. The van der Waals surface area contributed by atoms with Gasteiger partial charge in [0.1, 0.15) is 10.7 Å². The summed E-state index contributed by atoms with van der Waals surface area (Å²) < 4.78 is 0. The van der Waals surface area contributed by atoms with E-state index in [1.165, 1.54) is 23.1 Å². The zero-order valence-electron chi connectivity index (χ0n) is 15.0. The van der Waals surface area contributed by atoms with Crippen LogP contribution in [0.3, 0.4) is 0 Å². The number of aromatic amines is 1. The average molecular weight is 422 g/mol. The molecule has 0 aliphatic heterocycles. The molecule has 0 radical (unpaired) electrons. The number of nitrogens with one attached hydrogen (secondary N) is 2. The van der Waals surface area contributed by atoms with Crippen LogP contribution in [0.4, 0.5) is 5.13 Å². The lowest BCUT2D eigenvalue weighted by Crippen LogP contribution is -2.11. The molecule has 29 heavy (non-hydrogen) atoms. The number of primary amides is 1. The lowest BCUT2D eigenvalue weighted by atomic mass is 10.2. The maximum absolute atomic E-state index is 12.5. The molecular formula is C20H15N5O2S2. The number of aromatic nitrogens is 3. The van der Waals surface area contributed by atoms with Crippen molar-refractivity contribution < 1.29 is 9.59 Å². The van der Waals surface area contributed by atoms with Crippen molar-refractivity contribution in [2.24, 2.45) is 5.73 Å². The molecule has 0 atom stereocenters. The Morgan fingerprint density at radius 3 is 2.66 bits per heavy atom. The van der Waals surface area contributed by atoms with Crippen molar-refractivity contribution in [1.29, 1.82) is 0 Å². The number of benzene rings is 1. The minimum atomic E-state index is -0.537. The smallest absolute Gasteiger partial charge is 0.265 e. The van der Waals surface area contributed by atoms with Crippen LogP contribution in [0.1, 0.15) is 20.8 Å². The SMILES string of the molecule is NC(=O)c1cc(-c2csc(NC(=O)c3ccc(Sc4ccccn4)cc3)n2)c[nH]1. The van der Waals surface area contributed by atoms with Crippen LogP contribution in [-0.2, 0) is 0 Å². The molecule has 144 valence electrons. The molecule has 0 saturated carbocycles. The van der Waals surface area contributed by atoms with Gasteiger partial charge in [-0.2, -0.15) is 0 Å². The van der Waals surface area contributed by atoms with Crippen molar-refractivity contribution in [2.75, 3.05) is 5.32 Å². The molecule has 3 aromatic heterocycles. The third kappa shape index (κ3) is 4.53. The fourth-order valence-corrected chi connectivity index (χ4v) is 4.01. The predicted molar refractivity (Wildman–Crippen MR) is 113 cm³/mol. The second kappa shape index (κ2) is 8.29. The summed E-state index contributed by atoms with van der Waals surface area (Å²) >= 11 is 2.83. The zero-order chi connectivity index (χ0) is 20.2. The maximum Gasteiger partial charge on any atom is 0.265 e. The Hall–Kier alpha value is -3.43. The molecule has 4 rings (SSSR count). The highest BCUT2D eigenvalue weighted by Crippen LogP contribution is 2.27. The van der Waals surface area contributed by atoms with Gasteiger partial charge in [-0.05, 0) is 42.5 Å². The number of nitrogens with zero attached hydrogens (tertiary/aromatic N) is 2. The number of thiazole rings is 1. The third-order valence-electron chi connectivity index (χ3n) is 3.95. The molecule has 0 spiro atoms. The van der Waals surface area contributed by atoms with Crippen LogP contribution >= 0.6 is 23.1 Å². The summed E-state index contributed by atoms with van der Waals surface area (Å²) in [4.78, 5) is 36.1. The van der Waals surface area contributed by atoms with E-state index in [1.54, 1.807) is 36.0 Å². The van der Waals surface area contributed by atoms with E-state index in [0.29, 0.717) is 22.1 Å². The van der Waals surface area contributed by atoms with Gasteiger partial charge in [-0.3, -0.25) is 14.9 Å². The van der Waals surface area contributed by atoms with Gasteiger partial charge in [-0.15, -0.1) is 11.3 Å². The Bertz CT molecular complexity index is 1150. The van der Waals surface area contributed by atoms with Gasteiger partial charge in [-0.1, -0.05) is 17.8 Å². The molecular weight excluding hydrogens is 406 g/mol. The Kier molecular flexibility index (Phi) is 5.41. The van der Waals surface area contributed by atoms with Crippen molar-refractivity contribution in [2.45, 2.75) is 9.92 Å². The number of anilines is 1. The second-order valence-electron chi connectivity index (χ2n) is 5.95. The van der Waals surface area contributed by atoms with Crippen LogP contribution < -0.4 is 11.1 Å². The number of pyridine rings is 1. The highest BCUT2D eigenvalue weighted by Gasteiger charge is 2.12. The number of hydrogen-bond donors (Lipinski definition) is 3. The molecule has 0 bridgehead atoms. The maximum atomic E-state index is 12.5. The van der Waals surface area contributed by atoms with Crippen LogP contribution in [0.15, 0.2) is 76.2 Å². The minimum absolute atomic E-state index is 0.243. The summed E-state index contributed by atoms with van der Waals surface area (Å²) in [6.07, 6.45) is 3.40. The number of carbonyl (C=O) groups is 2. The molecule has 3 heterocycles. The monoisotopic (exact) mass is 421 g/mol. The lowest BCUT2D eigenvalue weighted by Gasteiger charge is -2.04. The average Bonchev–Trinajstić information content (AvgIpc) is 3.39. The van der Waals surface area contributed by atoms with E-state index < -0.39 is 5.91 Å². The lowest BCUT2D eigenvalue weighted by molar-refractivity contribution is 0.0994. The number of H-pyrrole nitrogens is 1. The van der Waals surface area contributed by atoms with Crippen molar-refractivity contribution in [1.82, 2.24) is 15.0 Å². The summed E-state index contributed by atoms with van der Waals surface area (Å²) in [5.74, 6) is -0.781. The summed E-state index contributed by atoms with van der Waals surface area (Å²) in [5.41, 5.74) is 7.46. The fourth-order valence-electron chi connectivity index (χ4n) is 2.52. The van der Waals surface area contributed by atoms with Crippen LogP contribution in [0.5, 0.6) is 0 Å². The second-order valence-corrected chi connectivity index (χ2v) is 7.90. The van der Waals surface area contributed by atoms with Crippen molar-refractivity contribution >= 4 is 40.0 Å². The van der Waals surface area contributed by atoms with Crippen LogP contribution in [0, 0.1) is 0 Å². The Labute approximate surface area is 174 Å². The zero-order valence-corrected chi connectivity index (χ0v) is 16.6. The van der Waals surface area contributed by atoms with Gasteiger partial charge in [0.05, 0.1) is 5.69 Å². The van der Waals surface area contributed by atoms with Crippen LogP contribution in [0.25, 0.3) is 11.3 Å². The third-order valence-corrected chi connectivity index (χ3v) is 5.66. The minimum Gasteiger partial charge on any atom is -0.364 e. The molecule has 0 aliphatic rings. The molecule has 1 aromatic carbocycles. The van der Waals surface area contributed by atoms with Gasteiger partial charge in [0, 0.05) is 33.8 Å². The highest BCUT2D eigenvalue weighted by atomic mass is 32.2. The van der Waals surface area contributed by atoms with Gasteiger partial charge in [-0.25, -0.2) is 9.97 Å². The molecule has 4 aromatic rings. The number of nitrogens with two attached hydrogens (primary N) is 1. The van der Waals surface area contributed by atoms with Gasteiger partial charge in [0.2, 0.25) is 0 Å². The first-order chi connectivity index (χ1) is 14.1. The van der Waals surface area contributed by atoms with Gasteiger partial charge >= 0.3 is 0 Å². The summed E-state index contributed by atoms with van der Waals surface area (Å²) in [6.45, 7) is 0. The number of carbonyl (C=O) groups excluding carboxylic acids is 2. The fraction of sp³-hybridized carbons (Fsp3) is 0. The molecule has 4 N–H and O–H groups in total. The van der Waals surface area contributed by atoms with Crippen LogP contribution in [-0.4, -0.2) is 26.8 Å². The molecule has 7 nitrogen and oxygen atoms in total. The van der Waals surface area contributed by atoms with Gasteiger partial charge in [0.15, 0.2) is 5.13 Å². The largest absolute Gasteiger partial charge is 0.364 e. The van der Waals surface area contributed by atoms with E-state index in [9.17, 15) is 9.59 Å². The molecule has 2 amide bonds. The van der Waals surface area contributed by atoms with E-state index in [-0.39, 0.29) is 5.91 Å². The predicted octanol–water partition coefficient (Wildman–Crippen LogP) is 4.04. The quantitative estimate of drug-likeness (QED) is 0.435. The van der Waals surface area contributed by atoms with E-state index in [0.717, 1.165) is 15.5 Å². The van der Waals surface area contributed by atoms with E-state index >= 15 is 0 Å². The van der Waals surface area contributed by atoms with E-state index in [1.807, 2.05) is 30.3 Å². The standard InChI is InChI=1S/C20H15N5O2S2/c21-18(26)15-9-13(10-23-15)16-11-28-20(24-16)25-19(27)12-4-6-14(7-5-12)29-17-3-1-2-8-22-17/h1-11,23H,(H2,21,26)(H,24,25,27). The van der Waals surface area contributed by atoms with Crippen molar-refractivity contribution in [3.05, 3.63) is 77.6 Å². The summed E-state index contributed by atoms with van der Waals surface area (Å²) in [7, 11) is 0. The molecule has 9 heteroatoms. The van der Waals surface area contributed by atoms with E-state index in [4.69, 9.17) is 5.73 Å². The Balaban J connectivity index is 1.41. The molecule has 0 aliphatic carbocycles. The first-order valence-electron chi connectivity index (χ1n) is 8.53. The van der Waals surface area contributed by atoms with E-state index in [2.05, 4.69) is 20.3 Å². The Morgan fingerprint density at radius 1 is 1.14 bits per heavy atom. The first-order valence-corrected chi connectivity index (χ1v) is 10.2. The molecule has 0 saturated heterocycles. The normalized spacial score (nSPS) is 10.6. The summed E-state index contributed by atoms with van der Waals surface area (Å²) in [5, 5.41) is 5.96. The number of amides is 2. The van der Waals surface area contributed by atoms with Gasteiger partial charge in [0.25, 0.3) is 11.8 Å². The van der Waals surface area contributed by atoms with Gasteiger partial charge < -0.3 is 10.7 Å². The first kappa shape index (κ1) is 18.9. The molecule has 0 fully saturated rings. The van der Waals surface area contributed by atoms with Crippen molar-refractivity contribution in [3.63, 3.8) is 0 Å². The number of rotatable bonds is 6. The topological polar surface area (TPSA) is 114 Å². The summed E-state index contributed by atoms with van der Waals surface area (Å²) in [6, 6.07) is 14.7. The van der Waals surface area contributed by atoms with Crippen molar-refractivity contribution in [3.8, 4) is 11.3 Å². The molecule has 0 unspecified atom stereocenters. The van der Waals surface area contributed by atoms with Crippen LogP contribution in [0.2, 0.25) is 0 Å². The number of hydrogen-bond acceptors (Lipinski definition) is 6. The Morgan fingerprint density at radius 2 is 1.97 bits per heavy atom.